The highest BCUT2D eigenvalue weighted by Crippen LogP contribution is 2.17. The van der Waals surface area contributed by atoms with Crippen LogP contribution in [-0.4, -0.2) is 23.4 Å². The van der Waals surface area contributed by atoms with Gasteiger partial charge >= 0.3 is 0 Å². The van der Waals surface area contributed by atoms with Crippen molar-refractivity contribution in [2.45, 2.75) is 19.9 Å². The Morgan fingerprint density at radius 2 is 2.17 bits per heavy atom. The fourth-order valence-corrected chi connectivity index (χ4v) is 1.38. The second-order valence-corrected chi connectivity index (χ2v) is 3.87. The summed E-state index contributed by atoms with van der Waals surface area (Å²) in [5.41, 5.74) is 6.37. The van der Waals surface area contributed by atoms with E-state index in [2.05, 4.69) is 5.32 Å². The van der Waals surface area contributed by atoms with Crippen LogP contribution in [0.1, 0.15) is 22.8 Å². The molecule has 100 valence electrons. The van der Waals surface area contributed by atoms with E-state index in [1.807, 2.05) is 0 Å². The molecule has 0 saturated heterocycles. The van der Waals surface area contributed by atoms with Crippen LogP contribution in [-0.2, 0) is 0 Å². The first kappa shape index (κ1) is 16.3. The SMILES string of the molecule is Cc1cc([N+](=O)[O-])ccc1C(=O)N[C@H](C)CN.Cl. The highest BCUT2D eigenvalue weighted by atomic mass is 35.5. The van der Waals surface area contributed by atoms with E-state index in [4.69, 9.17) is 5.73 Å². The van der Waals surface area contributed by atoms with E-state index in [9.17, 15) is 14.9 Å². The van der Waals surface area contributed by atoms with E-state index >= 15 is 0 Å². The maximum absolute atomic E-state index is 11.8. The summed E-state index contributed by atoms with van der Waals surface area (Å²) in [5.74, 6) is -0.268. The minimum absolute atomic E-state index is 0. The number of carbonyl (C=O) groups excluding carboxylic acids is 1. The molecule has 0 aliphatic heterocycles. The first-order valence-corrected chi connectivity index (χ1v) is 5.21. The molecule has 0 spiro atoms. The number of non-ortho nitro benzene ring substituents is 1. The van der Waals surface area contributed by atoms with E-state index in [0.717, 1.165) is 0 Å². The van der Waals surface area contributed by atoms with E-state index in [0.29, 0.717) is 17.7 Å². The van der Waals surface area contributed by atoms with Gasteiger partial charge in [0.25, 0.3) is 11.6 Å². The zero-order valence-electron chi connectivity index (χ0n) is 10.2. The fraction of sp³-hybridized carbons (Fsp3) is 0.364. The second kappa shape index (κ2) is 6.93. The van der Waals surface area contributed by atoms with E-state index in [1.165, 1.54) is 18.2 Å². The number of benzene rings is 1. The van der Waals surface area contributed by atoms with Crippen molar-refractivity contribution in [3.63, 3.8) is 0 Å². The minimum atomic E-state index is -0.489. The Balaban J connectivity index is 0.00000289. The lowest BCUT2D eigenvalue weighted by Crippen LogP contribution is -2.38. The molecule has 6 nitrogen and oxygen atoms in total. The summed E-state index contributed by atoms with van der Waals surface area (Å²) in [6.45, 7) is 3.80. The van der Waals surface area contributed by atoms with Gasteiger partial charge < -0.3 is 11.1 Å². The molecule has 0 aliphatic carbocycles. The number of hydrogen-bond donors (Lipinski definition) is 2. The number of carbonyl (C=O) groups is 1. The minimum Gasteiger partial charge on any atom is -0.348 e. The van der Waals surface area contributed by atoms with Crippen LogP contribution in [0.5, 0.6) is 0 Å². The molecule has 1 aromatic rings. The lowest BCUT2D eigenvalue weighted by Gasteiger charge is -2.12. The Morgan fingerprint density at radius 1 is 1.56 bits per heavy atom. The number of amides is 1. The average Bonchev–Trinajstić information content (AvgIpc) is 2.28. The van der Waals surface area contributed by atoms with Gasteiger partial charge in [0.15, 0.2) is 0 Å². The van der Waals surface area contributed by atoms with Crippen molar-refractivity contribution in [1.29, 1.82) is 0 Å². The molecular weight excluding hydrogens is 258 g/mol. The molecule has 1 rings (SSSR count). The van der Waals surface area contributed by atoms with Gasteiger partial charge in [-0.1, -0.05) is 0 Å². The number of nitrogens with one attached hydrogen (secondary N) is 1. The molecule has 0 unspecified atom stereocenters. The van der Waals surface area contributed by atoms with Crippen molar-refractivity contribution in [1.82, 2.24) is 5.32 Å². The molecule has 0 bridgehead atoms. The van der Waals surface area contributed by atoms with Gasteiger partial charge in [0.1, 0.15) is 0 Å². The third-order valence-electron chi connectivity index (χ3n) is 2.40. The molecule has 1 amide bonds. The predicted octanol–water partition coefficient (Wildman–Crippen LogP) is 1.40. The number of hydrogen-bond acceptors (Lipinski definition) is 4. The monoisotopic (exact) mass is 273 g/mol. The number of nitro benzene ring substituents is 1. The predicted molar refractivity (Wildman–Crippen MR) is 71.1 cm³/mol. The standard InChI is InChI=1S/C11H15N3O3.ClH/c1-7-5-9(14(16)17)3-4-10(7)11(15)13-8(2)6-12;/h3-5,8H,6,12H2,1-2H3,(H,13,15);1H/t8-;/m1./s1. The van der Waals surface area contributed by atoms with Gasteiger partial charge in [0.2, 0.25) is 0 Å². The molecule has 0 aliphatic rings. The number of aryl methyl sites for hydroxylation is 1. The maximum Gasteiger partial charge on any atom is 0.269 e. The third kappa shape index (κ3) is 3.97. The van der Waals surface area contributed by atoms with Crippen molar-refractivity contribution in [3.05, 3.63) is 39.4 Å². The Labute approximate surface area is 111 Å². The first-order valence-electron chi connectivity index (χ1n) is 5.21. The highest BCUT2D eigenvalue weighted by molar-refractivity contribution is 5.96. The number of halogens is 1. The van der Waals surface area contributed by atoms with E-state index < -0.39 is 4.92 Å². The maximum atomic E-state index is 11.8. The average molecular weight is 274 g/mol. The molecule has 3 N–H and O–H groups in total. The number of nitro groups is 1. The lowest BCUT2D eigenvalue weighted by atomic mass is 10.1. The molecule has 0 radical (unpaired) electrons. The summed E-state index contributed by atoms with van der Waals surface area (Å²) in [5, 5.41) is 13.2. The summed E-state index contributed by atoms with van der Waals surface area (Å²) in [4.78, 5) is 21.8. The Morgan fingerprint density at radius 3 is 2.61 bits per heavy atom. The first-order chi connectivity index (χ1) is 7.95. The van der Waals surface area contributed by atoms with Crippen LogP contribution in [0.2, 0.25) is 0 Å². The van der Waals surface area contributed by atoms with E-state index in [-0.39, 0.29) is 30.0 Å². The number of nitrogens with two attached hydrogens (primary N) is 1. The molecule has 18 heavy (non-hydrogen) atoms. The number of nitrogens with zero attached hydrogens (tertiary/aromatic N) is 1. The third-order valence-corrected chi connectivity index (χ3v) is 2.40. The van der Waals surface area contributed by atoms with Gasteiger partial charge in [-0.15, -0.1) is 12.4 Å². The van der Waals surface area contributed by atoms with Crippen LogP contribution in [0.4, 0.5) is 5.69 Å². The van der Waals surface area contributed by atoms with Crippen molar-refractivity contribution < 1.29 is 9.72 Å². The highest BCUT2D eigenvalue weighted by Gasteiger charge is 2.14. The Hall–Kier alpha value is -1.66. The van der Waals surface area contributed by atoms with Crippen LogP contribution in [0.3, 0.4) is 0 Å². The van der Waals surface area contributed by atoms with Gasteiger partial charge in [-0.2, -0.15) is 0 Å². The molecule has 7 heteroatoms. The Bertz CT molecular complexity index is 451. The number of rotatable bonds is 4. The van der Waals surface area contributed by atoms with Crippen molar-refractivity contribution in [2.75, 3.05) is 6.54 Å². The van der Waals surface area contributed by atoms with Gasteiger partial charge in [0, 0.05) is 30.3 Å². The van der Waals surface area contributed by atoms with Crippen molar-refractivity contribution in [2.24, 2.45) is 5.73 Å². The van der Waals surface area contributed by atoms with Gasteiger partial charge in [-0.25, -0.2) is 0 Å². The van der Waals surface area contributed by atoms with Crippen LogP contribution >= 0.6 is 12.4 Å². The fourth-order valence-electron chi connectivity index (χ4n) is 1.38. The largest absolute Gasteiger partial charge is 0.348 e. The Kier molecular flexibility index (Phi) is 6.29. The molecule has 0 heterocycles. The topological polar surface area (TPSA) is 98.3 Å². The summed E-state index contributed by atoms with van der Waals surface area (Å²) in [6, 6.07) is 4.01. The molecule has 1 atom stereocenters. The van der Waals surface area contributed by atoms with Crippen LogP contribution in [0.25, 0.3) is 0 Å². The quantitative estimate of drug-likeness (QED) is 0.640. The van der Waals surface area contributed by atoms with Crippen LogP contribution in [0, 0.1) is 17.0 Å². The van der Waals surface area contributed by atoms with Gasteiger partial charge in [0.05, 0.1) is 4.92 Å². The van der Waals surface area contributed by atoms with Crippen molar-refractivity contribution in [3.8, 4) is 0 Å². The normalized spacial score (nSPS) is 11.3. The zero-order chi connectivity index (χ0) is 13.0. The summed E-state index contributed by atoms with van der Waals surface area (Å²) in [6.07, 6.45) is 0. The molecular formula is C11H16ClN3O3. The van der Waals surface area contributed by atoms with E-state index in [1.54, 1.807) is 13.8 Å². The second-order valence-electron chi connectivity index (χ2n) is 3.87. The van der Waals surface area contributed by atoms with Crippen LogP contribution < -0.4 is 11.1 Å². The molecule has 0 saturated carbocycles. The smallest absolute Gasteiger partial charge is 0.269 e. The summed E-state index contributed by atoms with van der Waals surface area (Å²) >= 11 is 0. The summed E-state index contributed by atoms with van der Waals surface area (Å²) in [7, 11) is 0. The zero-order valence-corrected chi connectivity index (χ0v) is 11.0. The summed E-state index contributed by atoms with van der Waals surface area (Å²) < 4.78 is 0. The van der Waals surface area contributed by atoms with Gasteiger partial charge in [-0.05, 0) is 25.5 Å². The molecule has 0 aromatic heterocycles. The molecule has 0 fully saturated rings. The van der Waals surface area contributed by atoms with Crippen LogP contribution in [0.15, 0.2) is 18.2 Å². The van der Waals surface area contributed by atoms with Gasteiger partial charge in [-0.3, -0.25) is 14.9 Å². The van der Waals surface area contributed by atoms with Crippen molar-refractivity contribution >= 4 is 24.0 Å². The molecule has 1 aromatic carbocycles. The lowest BCUT2D eigenvalue weighted by molar-refractivity contribution is -0.384.